The SMILES string of the molecule is C=C1C[C@@]23CC(=C4C[C@]56CC(=C)C[C@@]5(C4)C(=O)N(C)C6=O)C[C@]2(C1)C(=O)N(C)C3=O. The average molecular weight is 406 g/mol. The molecule has 2 saturated heterocycles. The van der Waals surface area contributed by atoms with Gasteiger partial charge in [0, 0.05) is 14.1 Å². The van der Waals surface area contributed by atoms with Crippen LogP contribution in [0.15, 0.2) is 35.5 Å². The molecule has 30 heavy (non-hydrogen) atoms. The quantitative estimate of drug-likeness (QED) is 0.458. The van der Waals surface area contributed by atoms with Crippen LogP contribution in [0.1, 0.15) is 51.4 Å². The van der Waals surface area contributed by atoms with Crippen LogP contribution in [0.5, 0.6) is 0 Å². The standard InChI is InChI=1S/C24H26N2O4/c1-13-5-21-9-15(10-22(21,6-13)18(28)25(3)17(21)27)16-11-23-7-14(2)8-24(23,12-16)20(30)26(4)19(23)29/h1-2,5-12H2,3-4H3/t21-,22+,23-,24+. The fourth-order valence-electron chi connectivity index (χ4n) is 8.41. The van der Waals surface area contributed by atoms with Crippen LogP contribution in [0, 0.1) is 21.7 Å². The van der Waals surface area contributed by atoms with Gasteiger partial charge in [-0.05, 0) is 51.4 Å². The van der Waals surface area contributed by atoms with Gasteiger partial charge in [0.2, 0.25) is 23.6 Å². The number of carbonyl (C=O) groups is 4. The summed E-state index contributed by atoms with van der Waals surface area (Å²) in [6, 6.07) is 0. The Balaban J connectivity index is 1.47. The number of imide groups is 2. The van der Waals surface area contributed by atoms with E-state index in [0.717, 1.165) is 22.3 Å². The largest absolute Gasteiger partial charge is 0.285 e. The van der Waals surface area contributed by atoms with Crippen molar-refractivity contribution in [2.45, 2.75) is 51.4 Å². The zero-order valence-electron chi connectivity index (χ0n) is 17.6. The smallest absolute Gasteiger partial charge is 0.236 e. The van der Waals surface area contributed by atoms with Crippen molar-refractivity contribution in [1.82, 2.24) is 9.80 Å². The highest BCUT2D eigenvalue weighted by molar-refractivity contribution is 6.13. The van der Waals surface area contributed by atoms with Crippen LogP contribution < -0.4 is 0 Å². The maximum atomic E-state index is 13.2. The predicted octanol–water partition coefficient (Wildman–Crippen LogP) is 2.51. The van der Waals surface area contributed by atoms with Gasteiger partial charge in [-0.3, -0.25) is 29.0 Å². The molecular formula is C24H26N2O4. The van der Waals surface area contributed by atoms with Gasteiger partial charge in [0.05, 0.1) is 21.7 Å². The molecule has 0 bridgehead atoms. The third-order valence-corrected chi connectivity index (χ3v) is 9.46. The van der Waals surface area contributed by atoms with E-state index >= 15 is 0 Å². The molecule has 6 nitrogen and oxygen atoms in total. The summed E-state index contributed by atoms with van der Waals surface area (Å²) in [5.41, 5.74) is 1.39. The Hall–Kier alpha value is -2.50. The molecule has 6 fully saturated rings. The van der Waals surface area contributed by atoms with Crippen molar-refractivity contribution in [3.8, 4) is 0 Å². The van der Waals surface area contributed by atoms with Gasteiger partial charge in [-0.2, -0.15) is 0 Å². The van der Waals surface area contributed by atoms with E-state index in [1.54, 1.807) is 14.1 Å². The molecule has 4 amide bonds. The fourth-order valence-corrected chi connectivity index (χ4v) is 8.41. The van der Waals surface area contributed by atoms with Crippen LogP contribution >= 0.6 is 0 Å². The molecular weight excluding hydrogens is 380 g/mol. The molecule has 0 radical (unpaired) electrons. The average Bonchev–Trinajstić information content (AvgIpc) is 3.39. The van der Waals surface area contributed by atoms with E-state index in [1.165, 1.54) is 9.80 Å². The Morgan fingerprint density at radius 1 is 0.533 bits per heavy atom. The van der Waals surface area contributed by atoms with E-state index in [1.807, 2.05) is 0 Å². The molecule has 0 N–H and O–H groups in total. The van der Waals surface area contributed by atoms with Crippen molar-refractivity contribution in [1.29, 1.82) is 0 Å². The first-order chi connectivity index (χ1) is 14.0. The molecule has 0 aromatic heterocycles. The van der Waals surface area contributed by atoms with Gasteiger partial charge < -0.3 is 0 Å². The minimum absolute atomic E-state index is 0.0864. The first-order valence-corrected chi connectivity index (χ1v) is 10.7. The maximum absolute atomic E-state index is 13.2. The summed E-state index contributed by atoms with van der Waals surface area (Å²) in [6.07, 6.45) is 4.48. The first kappa shape index (κ1) is 18.3. The summed E-state index contributed by atoms with van der Waals surface area (Å²) in [4.78, 5) is 55.4. The summed E-state index contributed by atoms with van der Waals surface area (Å²) < 4.78 is 0. The summed E-state index contributed by atoms with van der Waals surface area (Å²) in [7, 11) is 3.18. The van der Waals surface area contributed by atoms with Crippen LogP contribution in [-0.2, 0) is 19.2 Å². The molecule has 6 heteroatoms. The van der Waals surface area contributed by atoms with Crippen LogP contribution in [0.2, 0.25) is 0 Å². The van der Waals surface area contributed by atoms with Crippen molar-refractivity contribution in [2.75, 3.05) is 14.1 Å². The number of nitrogens with zero attached hydrogens (tertiary/aromatic N) is 2. The first-order valence-electron chi connectivity index (χ1n) is 10.7. The van der Waals surface area contributed by atoms with Gasteiger partial charge >= 0.3 is 0 Å². The topological polar surface area (TPSA) is 74.8 Å². The molecule has 0 spiro atoms. The number of hydrogen-bond acceptors (Lipinski definition) is 4. The Labute approximate surface area is 175 Å². The molecule has 156 valence electrons. The lowest BCUT2D eigenvalue weighted by atomic mass is 9.70. The van der Waals surface area contributed by atoms with Crippen molar-refractivity contribution in [3.05, 3.63) is 35.5 Å². The van der Waals surface area contributed by atoms with Crippen molar-refractivity contribution >= 4 is 23.6 Å². The summed E-state index contributed by atoms with van der Waals surface area (Å²) >= 11 is 0. The lowest BCUT2D eigenvalue weighted by Crippen LogP contribution is -2.35. The highest BCUT2D eigenvalue weighted by Crippen LogP contribution is 2.74. The van der Waals surface area contributed by atoms with Gasteiger partial charge in [-0.15, -0.1) is 0 Å². The third-order valence-electron chi connectivity index (χ3n) is 9.46. The van der Waals surface area contributed by atoms with Crippen LogP contribution in [0.3, 0.4) is 0 Å². The summed E-state index contributed by atoms with van der Waals surface area (Å²) in [5, 5.41) is 0. The van der Waals surface area contributed by atoms with Gasteiger partial charge in [0.15, 0.2) is 0 Å². The lowest BCUT2D eigenvalue weighted by molar-refractivity contribution is -0.142. The van der Waals surface area contributed by atoms with Gasteiger partial charge in [-0.1, -0.05) is 35.5 Å². The number of allylic oxidation sites excluding steroid dienone is 4. The number of amides is 4. The van der Waals surface area contributed by atoms with Crippen molar-refractivity contribution < 1.29 is 19.2 Å². The number of hydrogen-bond donors (Lipinski definition) is 0. The maximum Gasteiger partial charge on any atom is 0.236 e. The van der Waals surface area contributed by atoms with Gasteiger partial charge in [0.25, 0.3) is 0 Å². The lowest BCUT2D eigenvalue weighted by Gasteiger charge is -2.26. The monoisotopic (exact) mass is 406 g/mol. The Morgan fingerprint density at radius 2 is 0.767 bits per heavy atom. The summed E-state index contributed by atoms with van der Waals surface area (Å²) in [5.74, 6) is -0.345. The third kappa shape index (κ3) is 1.55. The molecule has 0 aromatic carbocycles. The Morgan fingerprint density at radius 3 is 1.00 bits per heavy atom. The van der Waals surface area contributed by atoms with E-state index in [9.17, 15) is 19.2 Å². The number of rotatable bonds is 0. The second-order valence-electron chi connectivity index (χ2n) is 10.8. The van der Waals surface area contributed by atoms with E-state index in [4.69, 9.17) is 0 Å². The van der Waals surface area contributed by atoms with E-state index < -0.39 is 21.7 Å². The number of carbonyl (C=O) groups excluding carboxylic acids is 4. The highest BCUT2D eigenvalue weighted by Gasteiger charge is 2.77. The van der Waals surface area contributed by atoms with Gasteiger partial charge in [0.1, 0.15) is 0 Å². The van der Waals surface area contributed by atoms with E-state index in [0.29, 0.717) is 51.4 Å². The van der Waals surface area contributed by atoms with Crippen molar-refractivity contribution in [3.63, 3.8) is 0 Å². The van der Waals surface area contributed by atoms with Crippen LogP contribution in [0.4, 0.5) is 0 Å². The molecule has 4 atom stereocenters. The van der Waals surface area contributed by atoms with Crippen LogP contribution in [0.25, 0.3) is 0 Å². The van der Waals surface area contributed by atoms with Gasteiger partial charge in [-0.25, -0.2) is 0 Å². The Bertz CT molecular complexity index is 925. The normalized spacial score (nSPS) is 47.0. The van der Waals surface area contributed by atoms with E-state index in [-0.39, 0.29) is 23.6 Å². The van der Waals surface area contributed by atoms with Crippen LogP contribution in [-0.4, -0.2) is 47.5 Å². The molecule has 2 heterocycles. The molecule has 2 aliphatic heterocycles. The second kappa shape index (κ2) is 4.87. The molecule has 4 saturated carbocycles. The zero-order chi connectivity index (χ0) is 21.4. The minimum atomic E-state index is -0.713. The zero-order valence-corrected chi connectivity index (χ0v) is 17.6. The molecule has 6 aliphatic rings. The molecule has 6 rings (SSSR count). The van der Waals surface area contributed by atoms with E-state index in [2.05, 4.69) is 13.2 Å². The highest BCUT2D eigenvalue weighted by atomic mass is 16.2. The molecule has 0 unspecified atom stereocenters. The fraction of sp³-hybridized carbons (Fsp3) is 0.583. The minimum Gasteiger partial charge on any atom is -0.285 e. The molecule has 4 aliphatic carbocycles. The molecule has 0 aromatic rings. The predicted molar refractivity (Wildman–Crippen MR) is 108 cm³/mol. The second-order valence-corrected chi connectivity index (χ2v) is 10.8. The van der Waals surface area contributed by atoms with Crippen molar-refractivity contribution in [2.24, 2.45) is 21.7 Å². The number of likely N-dealkylation sites (tertiary alicyclic amines) is 2. The Kier molecular flexibility index (Phi) is 2.97. The summed E-state index contributed by atoms with van der Waals surface area (Å²) in [6.45, 7) is 8.22.